The summed E-state index contributed by atoms with van der Waals surface area (Å²) in [6, 6.07) is 3.55. The Morgan fingerprint density at radius 3 is 2.88 bits per heavy atom. The van der Waals surface area contributed by atoms with Crippen LogP contribution in [0.2, 0.25) is 0 Å². The van der Waals surface area contributed by atoms with E-state index in [0.29, 0.717) is 31.3 Å². The van der Waals surface area contributed by atoms with Gasteiger partial charge in [0.25, 0.3) is 5.91 Å². The summed E-state index contributed by atoms with van der Waals surface area (Å²) in [5.41, 5.74) is 0.194. The number of hydrogen-bond donors (Lipinski definition) is 2. The third-order valence-electron chi connectivity index (χ3n) is 5.38. The summed E-state index contributed by atoms with van der Waals surface area (Å²) in [5.74, 6) is 0.114. The molecular formula is C18H26N2O4. The molecule has 2 aliphatic carbocycles. The van der Waals surface area contributed by atoms with Crippen molar-refractivity contribution in [3.63, 3.8) is 0 Å². The molecule has 0 radical (unpaired) electrons. The molecule has 0 saturated heterocycles. The van der Waals surface area contributed by atoms with Crippen molar-refractivity contribution >= 4 is 11.8 Å². The van der Waals surface area contributed by atoms with Crippen molar-refractivity contribution in [2.75, 3.05) is 13.2 Å². The van der Waals surface area contributed by atoms with E-state index in [4.69, 9.17) is 9.15 Å². The van der Waals surface area contributed by atoms with Crippen molar-refractivity contribution in [1.29, 1.82) is 0 Å². The standard InChI is InChI=1S/C18H26N2O4/c1-2-23-15-12-14(18(15)8-5-9-18)20-16(21)7-3-10-19-17(22)13-6-4-11-24-13/h4,6,11,14-15H,2-3,5,7-10,12H2,1H3,(H,19,22)(H,20,21)/t14-,15+/m1/s1. The van der Waals surface area contributed by atoms with Crippen molar-refractivity contribution in [2.45, 2.75) is 57.6 Å². The van der Waals surface area contributed by atoms with E-state index in [1.807, 2.05) is 6.92 Å². The smallest absolute Gasteiger partial charge is 0.286 e. The molecule has 6 nitrogen and oxygen atoms in total. The molecule has 1 aromatic rings. The Morgan fingerprint density at radius 2 is 2.25 bits per heavy atom. The van der Waals surface area contributed by atoms with Gasteiger partial charge < -0.3 is 19.8 Å². The molecule has 1 aromatic heterocycles. The molecule has 1 heterocycles. The Balaban J connectivity index is 1.34. The predicted molar refractivity (Wildman–Crippen MR) is 88.5 cm³/mol. The van der Waals surface area contributed by atoms with Gasteiger partial charge >= 0.3 is 0 Å². The van der Waals surface area contributed by atoms with Gasteiger partial charge in [0.15, 0.2) is 5.76 Å². The lowest BCUT2D eigenvalue weighted by Gasteiger charge is -2.61. The van der Waals surface area contributed by atoms with Gasteiger partial charge in [0.1, 0.15) is 0 Å². The van der Waals surface area contributed by atoms with Crippen LogP contribution in [0.1, 0.15) is 56.0 Å². The highest BCUT2D eigenvalue weighted by Crippen LogP contribution is 2.57. The maximum Gasteiger partial charge on any atom is 0.286 e. The molecule has 132 valence electrons. The SMILES string of the molecule is CCO[C@H]1C[C@@H](NC(=O)CCCNC(=O)c2ccco2)C12CCC2. The number of furan rings is 1. The summed E-state index contributed by atoms with van der Waals surface area (Å²) in [6.45, 7) is 3.22. The van der Waals surface area contributed by atoms with Crippen LogP contribution in [0.4, 0.5) is 0 Å². The van der Waals surface area contributed by atoms with E-state index in [0.717, 1.165) is 25.9 Å². The Labute approximate surface area is 142 Å². The van der Waals surface area contributed by atoms with Gasteiger partial charge in [-0.2, -0.15) is 0 Å². The highest BCUT2D eigenvalue weighted by Gasteiger charge is 2.59. The van der Waals surface area contributed by atoms with Crippen molar-refractivity contribution in [1.82, 2.24) is 10.6 Å². The van der Waals surface area contributed by atoms with Gasteiger partial charge in [0.05, 0.1) is 12.4 Å². The highest BCUT2D eigenvalue weighted by atomic mass is 16.5. The maximum atomic E-state index is 12.1. The number of carbonyl (C=O) groups excluding carboxylic acids is 2. The molecule has 2 saturated carbocycles. The summed E-state index contributed by atoms with van der Waals surface area (Å²) in [6.07, 6.45) is 7.28. The van der Waals surface area contributed by atoms with Crippen LogP contribution >= 0.6 is 0 Å². The molecular weight excluding hydrogens is 308 g/mol. The zero-order valence-corrected chi connectivity index (χ0v) is 14.2. The van der Waals surface area contributed by atoms with Gasteiger partial charge in [0, 0.05) is 31.0 Å². The van der Waals surface area contributed by atoms with Gasteiger partial charge in [-0.05, 0) is 44.7 Å². The first-order valence-corrected chi connectivity index (χ1v) is 8.88. The van der Waals surface area contributed by atoms with Crippen LogP contribution < -0.4 is 10.6 Å². The number of ether oxygens (including phenoxy) is 1. The monoisotopic (exact) mass is 334 g/mol. The Kier molecular flexibility index (Phi) is 5.23. The minimum Gasteiger partial charge on any atom is -0.459 e. The van der Waals surface area contributed by atoms with Gasteiger partial charge in [-0.25, -0.2) is 0 Å². The average molecular weight is 334 g/mol. The zero-order chi connectivity index (χ0) is 17.0. The fraction of sp³-hybridized carbons (Fsp3) is 0.667. The fourth-order valence-electron chi connectivity index (χ4n) is 3.85. The molecule has 6 heteroatoms. The van der Waals surface area contributed by atoms with Crippen LogP contribution in [-0.2, 0) is 9.53 Å². The number of hydrogen-bond acceptors (Lipinski definition) is 4. The third-order valence-corrected chi connectivity index (χ3v) is 5.38. The number of amides is 2. The van der Waals surface area contributed by atoms with Crippen molar-refractivity contribution in [2.24, 2.45) is 5.41 Å². The minimum atomic E-state index is -0.243. The molecule has 3 rings (SSSR count). The van der Waals surface area contributed by atoms with E-state index >= 15 is 0 Å². The van der Waals surface area contributed by atoms with Crippen molar-refractivity contribution in [3.05, 3.63) is 24.2 Å². The fourth-order valence-corrected chi connectivity index (χ4v) is 3.85. The number of rotatable bonds is 8. The van der Waals surface area contributed by atoms with Gasteiger partial charge in [0.2, 0.25) is 5.91 Å². The number of nitrogens with one attached hydrogen (secondary N) is 2. The lowest BCUT2D eigenvalue weighted by molar-refractivity contribution is -0.175. The molecule has 0 aliphatic heterocycles. The van der Waals surface area contributed by atoms with Gasteiger partial charge in [-0.15, -0.1) is 0 Å². The summed E-state index contributed by atoms with van der Waals surface area (Å²) in [4.78, 5) is 23.8. The molecule has 2 amide bonds. The van der Waals surface area contributed by atoms with Gasteiger partial charge in [-0.3, -0.25) is 9.59 Å². The highest BCUT2D eigenvalue weighted by molar-refractivity contribution is 5.91. The van der Waals surface area contributed by atoms with Crippen LogP contribution in [0.3, 0.4) is 0 Å². The van der Waals surface area contributed by atoms with E-state index in [2.05, 4.69) is 10.6 Å². The molecule has 2 aliphatic rings. The Hall–Kier alpha value is -1.82. The second-order valence-electron chi connectivity index (χ2n) is 6.72. The molecule has 24 heavy (non-hydrogen) atoms. The van der Waals surface area contributed by atoms with Crippen LogP contribution in [-0.4, -0.2) is 37.1 Å². The average Bonchev–Trinajstić information content (AvgIpc) is 3.03. The topological polar surface area (TPSA) is 80.6 Å². The third kappa shape index (κ3) is 3.34. The van der Waals surface area contributed by atoms with E-state index < -0.39 is 0 Å². The van der Waals surface area contributed by atoms with Crippen LogP contribution in [0.5, 0.6) is 0 Å². The zero-order valence-electron chi connectivity index (χ0n) is 14.2. The quantitative estimate of drug-likeness (QED) is 0.715. The van der Waals surface area contributed by atoms with Crippen molar-refractivity contribution in [3.8, 4) is 0 Å². The summed E-state index contributed by atoms with van der Waals surface area (Å²) >= 11 is 0. The first-order valence-electron chi connectivity index (χ1n) is 8.88. The normalized spacial score (nSPS) is 24.0. The van der Waals surface area contributed by atoms with Crippen molar-refractivity contribution < 1.29 is 18.7 Å². The number of carbonyl (C=O) groups is 2. The van der Waals surface area contributed by atoms with Gasteiger partial charge in [-0.1, -0.05) is 6.42 Å². The first-order chi connectivity index (χ1) is 11.7. The predicted octanol–water partition coefficient (Wildman–Crippen LogP) is 2.25. The van der Waals surface area contributed by atoms with E-state index in [-0.39, 0.29) is 23.3 Å². The summed E-state index contributed by atoms with van der Waals surface area (Å²) in [7, 11) is 0. The second-order valence-corrected chi connectivity index (χ2v) is 6.72. The summed E-state index contributed by atoms with van der Waals surface area (Å²) in [5, 5.41) is 5.91. The van der Waals surface area contributed by atoms with E-state index in [9.17, 15) is 9.59 Å². The molecule has 2 N–H and O–H groups in total. The van der Waals surface area contributed by atoms with E-state index in [1.54, 1.807) is 12.1 Å². The molecule has 1 spiro atoms. The van der Waals surface area contributed by atoms with Crippen LogP contribution in [0.15, 0.2) is 22.8 Å². The minimum absolute atomic E-state index is 0.0634. The second kappa shape index (κ2) is 7.38. The molecule has 0 aromatic carbocycles. The summed E-state index contributed by atoms with van der Waals surface area (Å²) < 4.78 is 10.8. The molecule has 0 unspecified atom stereocenters. The largest absolute Gasteiger partial charge is 0.459 e. The molecule has 0 bridgehead atoms. The lowest BCUT2D eigenvalue weighted by atomic mass is 9.51. The van der Waals surface area contributed by atoms with Crippen LogP contribution in [0, 0.1) is 5.41 Å². The molecule has 2 fully saturated rings. The Bertz CT molecular complexity index is 566. The first kappa shape index (κ1) is 17.0. The van der Waals surface area contributed by atoms with Crippen LogP contribution in [0.25, 0.3) is 0 Å². The molecule has 2 atom stereocenters. The maximum absolute atomic E-state index is 12.1. The van der Waals surface area contributed by atoms with E-state index in [1.165, 1.54) is 12.7 Å². The Morgan fingerprint density at radius 1 is 1.42 bits per heavy atom. The lowest BCUT2D eigenvalue weighted by Crippen LogP contribution is -2.67.